The van der Waals surface area contributed by atoms with Crippen LogP contribution in [0.25, 0.3) is 0 Å². The van der Waals surface area contributed by atoms with Crippen LogP contribution in [0.15, 0.2) is 48.6 Å². The smallest absolute Gasteiger partial charge is 0.305 e. The highest BCUT2D eigenvalue weighted by molar-refractivity contribution is 5.76. The minimum absolute atomic E-state index is 0.0166. The van der Waals surface area contributed by atoms with Crippen LogP contribution in [0.1, 0.15) is 431 Å². The lowest BCUT2D eigenvalue weighted by atomic mass is 10.0. The molecule has 0 heterocycles. The molecule has 0 saturated carbocycles. The predicted octanol–water partition coefficient (Wildman–Crippen LogP) is 26.0. The topological polar surface area (TPSA) is 95.9 Å². The molecule has 0 aromatic heterocycles. The molecule has 87 heavy (non-hydrogen) atoms. The molecule has 3 N–H and O–H groups in total. The number of rotatable bonds is 74. The van der Waals surface area contributed by atoms with Crippen molar-refractivity contribution in [3.63, 3.8) is 0 Å². The third kappa shape index (κ3) is 72.8. The molecule has 2 unspecified atom stereocenters. The molecule has 0 rings (SSSR count). The van der Waals surface area contributed by atoms with Gasteiger partial charge in [0.25, 0.3) is 0 Å². The minimum atomic E-state index is -0.843. The van der Waals surface area contributed by atoms with Gasteiger partial charge in [-0.25, -0.2) is 0 Å². The summed E-state index contributed by atoms with van der Waals surface area (Å²) in [6.45, 7) is 4.94. The van der Waals surface area contributed by atoms with Crippen LogP contribution in [0.5, 0.6) is 0 Å². The maximum atomic E-state index is 12.5. The number of carbonyl (C=O) groups is 2. The van der Waals surface area contributed by atoms with E-state index in [2.05, 4.69) is 55.6 Å². The summed E-state index contributed by atoms with van der Waals surface area (Å²) >= 11 is 0. The van der Waals surface area contributed by atoms with Gasteiger partial charge in [-0.15, -0.1) is 0 Å². The second-order valence-electron chi connectivity index (χ2n) is 27.0. The molecule has 1 amide bonds. The highest BCUT2D eigenvalue weighted by Gasteiger charge is 2.18. The second kappa shape index (κ2) is 76.3. The van der Waals surface area contributed by atoms with Gasteiger partial charge >= 0.3 is 5.97 Å². The van der Waals surface area contributed by atoms with Gasteiger partial charge in [0.05, 0.1) is 25.4 Å². The maximum Gasteiger partial charge on any atom is 0.305 e. The van der Waals surface area contributed by atoms with Crippen LogP contribution in [-0.2, 0) is 14.3 Å². The molecule has 2 atom stereocenters. The van der Waals surface area contributed by atoms with Crippen molar-refractivity contribution in [3.05, 3.63) is 48.6 Å². The summed E-state index contributed by atoms with van der Waals surface area (Å²) in [5, 5.41) is 23.2. The summed E-state index contributed by atoms with van der Waals surface area (Å²) < 4.78 is 5.51. The van der Waals surface area contributed by atoms with Crippen LogP contribution in [0, 0.1) is 0 Å². The Hall–Kier alpha value is -2.18. The average molecular weight is 1220 g/mol. The molecule has 0 aliphatic rings. The van der Waals surface area contributed by atoms with E-state index in [1.54, 1.807) is 6.08 Å². The fraction of sp³-hybridized carbons (Fsp3) is 0.877. The molecule has 0 fully saturated rings. The van der Waals surface area contributed by atoms with Crippen molar-refractivity contribution in [2.24, 2.45) is 0 Å². The molecule has 0 aliphatic carbocycles. The number of carbonyl (C=O) groups excluding carboxylic acids is 2. The summed E-state index contributed by atoms with van der Waals surface area (Å²) in [7, 11) is 0. The maximum absolute atomic E-state index is 12.5. The lowest BCUT2D eigenvalue weighted by Crippen LogP contribution is -2.45. The Bertz CT molecular complexity index is 1450. The van der Waals surface area contributed by atoms with E-state index in [9.17, 15) is 19.8 Å². The number of aliphatic hydroxyl groups excluding tert-OH is 2. The molecule has 512 valence electrons. The zero-order chi connectivity index (χ0) is 62.8. The van der Waals surface area contributed by atoms with Crippen LogP contribution in [-0.4, -0.2) is 47.4 Å². The van der Waals surface area contributed by atoms with Gasteiger partial charge in [0.15, 0.2) is 0 Å². The fourth-order valence-corrected chi connectivity index (χ4v) is 12.3. The Morgan fingerprint density at radius 2 is 0.575 bits per heavy atom. The largest absolute Gasteiger partial charge is 0.466 e. The number of unbranched alkanes of at least 4 members (excludes halogenated alkanes) is 57. The van der Waals surface area contributed by atoms with Gasteiger partial charge < -0.3 is 20.3 Å². The minimum Gasteiger partial charge on any atom is -0.466 e. The normalized spacial score (nSPS) is 12.7. The van der Waals surface area contributed by atoms with E-state index in [0.29, 0.717) is 19.4 Å². The van der Waals surface area contributed by atoms with Gasteiger partial charge in [-0.1, -0.05) is 377 Å². The van der Waals surface area contributed by atoms with Crippen molar-refractivity contribution in [2.45, 2.75) is 443 Å². The van der Waals surface area contributed by atoms with Crippen molar-refractivity contribution >= 4 is 11.9 Å². The van der Waals surface area contributed by atoms with Crippen molar-refractivity contribution in [3.8, 4) is 0 Å². The molecule has 0 aromatic rings. The van der Waals surface area contributed by atoms with Crippen molar-refractivity contribution in [1.29, 1.82) is 0 Å². The van der Waals surface area contributed by atoms with Gasteiger partial charge in [0.2, 0.25) is 5.91 Å². The molecule has 0 spiro atoms. The third-order valence-corrected chi connectivity index (χ3v) is 18.3. The Morgan fingerprint density at radius 1 is 0.322 bits per heavy atom. The first kappa shape index (κ1) is 84.8. The van der Waals surface area contributed by atoms with Crippen molar-refractivity contribution in [2.75, 3.05) is 13.2 Å². The second-order valence-corrected chi connectivity index (χ2v) is 27.0. The Labute approximate surface area is 544 Å². The highest BCUT2D eigenvalue weighted by Crippen LogP contribution is 2.19. The SMILES string of the molecule is CCCCCCCC/C=C\CCCCCCCCCCCC(=O)OCCCCCCCCCCCCC/C=C\C/C=C\CCCCCCCCCCCCCCCCCCCC(=O)NC(CO)C(O)/C=C/CCCCCCCCCCCCCCCC. The number of nitrogens with one attached hydrogen (secondary N) is 1. The first-order chi connectivity index (χ1) is 43.0. The first-order valence-corrected chi connectivity index (χ1v) is 39.4. The number of aliphatic hydroxyl groups is 2. The first-order valence-electron chi connectivity index (χ1n) is 39.4. The van der Waals surface area contributed by atoms with Gasteiger partial charge in [-0.05, 0) is 89.9 Å². The molecule has 0 aromatic carbocycles. The molecule has 6 heteroatoms. The lowest BCUT2D eigenvalue weighted by molar-refractivity contribution is -0.143. The third-order valence-electron chi connectivity index (χ3n) is 18.3. The number of amides is 1. The molecular weight excluding hydrogens is 1070 g/mol. The quantitative estimate of drug-likeness (QED) is 0.0320. The zero-order valence-corrected chi connectivity index (χ0v) is 58.8. The summed E-state index contributed by atoms with van der Waals surface area (Å²) in [5.41, 5.74) is 0. The van der Waals surface area contributed by atoms with E-state index in [1.165, 1.54) is 360 Å². The van der Waals surface area contributed by atoms with Crippen LogP contribution in [0.3, 0.4) is 0 Å². The van der Waals surface area contributed by atoms with E-state index in [1.807, 2.05) is 6.08 Å². The van der Waals surface area contributed by atoms with E-state index >= 15 is 0 Å². The average Bonchev–Trinajstić information content (AvgIpc) is 3.53. The monoisotopic (exact) mass is 1220 g/mol. The van der Waals surface area contributed by atoms with Crippen LogP contribution in [0.4, 0.5) is 0 Å². The summed E-state index contributed by atoms with van der Waals surface area (Å²) in [4.78, 5) is 24.6. The van der Waals surface area contributed by atoms with E-state index < -0.39 is 12.1 Å². The van der Waals surface area contributed by atoms with Crippen molar-refractivity contribution in [1.82, 2.24) is 5.32 Å². The Morgan fingerprint density at radius 3 is 0.885 bits per heavy atom. The molecular formula is C81H153NO5. The molecule has 0 radical (unpaired) electrons. The number of allylic oxidation sites excluding steroid dienone is 7. The highest BCUT2D eigenvalue weighted by atomic mass is 16.5. The number of hydrogen-bond acceptors (Lipinski definition) is 5. The van der Waals surface area contributed by atoms with Gasteiger partial charge in [-0.2, -0.15) is 0 Å². The van der Waals surface area contributed by atoms with Crippen molar-refractivity contribution < 1.29 is 24.5 Å². The standard InChI is InChI=1S/C81H153NO5/c1-3-5-7-9-11-13-15-17-19-21-39-43-47-51-55-59-63-67-71-75-81(86)87-76-72-68-64-60-56-52-48-44-41-38-36-34-32-30-28-26-24-22-23-25-27-29-31-33-35-37-40-42-46-50-54-58-62-66-70-74-80(85)82-78(77-83)79(84)73-69-65-61-57-53-49-45-20-18-16-14-12-10-8-6-4-2/h17,19,24,26,30,32,69,73,78-79,83-84H,3-16,18,20-23,25,27-29,31,33-68,70-72,74-77H2,1-2H3,(H,82,85)/b19-17-,26-24-,32-30-,73-69+. The summed E-state index contributed by atoms with van der Waals surface area (Å²) in [6.07, 6.45) is 101. The molecule has 6 nitrogen and oxygen atoms in total. The van der Waals surface area contributed by atoms with E-state index in [-0.39, 0.29) is 18.5 Å². The zero-order valence-electron chi connectivity index (χ0n) is 58.8. The lowest BCUT2D eigenvalue weighted by Gasteiger charge is -2.20. The Balaban J connectivity index is 3.37. The van der Waals surface area contributed by atoms with Crippen LogP contribution in [0.2, 0.25) is 0 Å². The fourth-order valence-electron chi connectivity index (χ4n) is 12.3. The van der Waals surface area contributed by atoms with Crippen LogP contribution >= 0.6 is 0 Å². The summed E-state index contributed by atoms with van der Waals surface area (Å²) in [5.74, 6) is -0.0463. The number of hydrogen-bond donors (Lipinski definition) is 3. The van der Waals surface area contributed by atoms with E-state index in [4.69, 9.17) is 4.74 Å². The van der Waals surface area contributed by atoms with Crippen LogP contribution < -0.4 is 5.32 Å². The molecule has 0 saturated heterocycles. The predicted molar refractivity (Wildman–Crippen MR) is 384 cm³/mol. The number of esters is 1. The van der Waals surface area contributed by atoms with Gasteiger partial charge in [0, 0.05) is 12.8 Å². The van der Waals surface area contributed by atoms with E-state index in [0.717, 1.165) is 44.9 Å². The van der Waals surface area contributed by atoms with Gasteiger partial charge in [-0.3, -0.25) is 9.59 Å². The summed E-state index contributed by atoms with van der Waals surface area (Å²) in [6, 6.07) is -0.627. The molecule has 0 bridgehead atoms. The Kier molecular flexibility index (Phi) is 74.4. The van der Waals surface area contributed by atoms with Gasteiger partial charge in [0.1, 0.15) is 0 Å². The molecule has 0 aliphatic heterocycles. The number of ether oxygens (including phenoxy) is 1.